The van der Waals surface area contributed by atoms with Gasteiger partial charge in [0.15, 0.2) is 0 Å². The van der Waals surface area contributed by atoms with Crippen LogP contribution in [0.5, 0.6) is 0 Å². The first-order valence-corrected chi connectivity index (χ1v) is 9.95. The van der Waals surface area contributed by atoms with Crippen molar-refractivity contribution in [1.82, 2.24) is 34.1 Å². The van der Waals surface area contributed by atoms with Crippen molar-refractivity contribution in [2.45, 2.75) is 18.9 Å². The van der Waals surface area contributed by atoms with Crippen LogP contribution < -0.4 is 0 Å². The molecule has 0 saturated heterocycles. The summed E-state index contributed by atoms with van der Waals surface area (Å²) in [6.45, 7) is 0.617. The first kappa shape index (κ1) is 17.0. The first-order valence-electron chi connectivity index (χ1n) is 9.95. The molecule has 1 amide bonds. The molecule has 1 atom stereocenters. The molecule has 5 aromatic heterocycles. The average molecular weight is 397 g/mol. The van der Waals surface area contributed by atoms with Crippen LogP contribution in [0.2, 0.25) is 0 Å². The van der Waals surface area contributed by atoms with E-state index in [1.54, 1.807) is 17.0 Å². The third kappa shape index (κ3) is 2.61. The molecule has 8 heteroatoms. The number of rotatable bonds is 3. The summed E-state index contributed by atoms with van der Waals surface area (Å²) in [7, 11) is 0. The van der Waals surface area contributed by atoms with Crippen molar-refractivity contribution in [3.63, 3.8) is 0 Å². The topological polar surface area (TPSA) is 83.6 Å². The van der Waals surface area contributed by atoms with E-state index in [-0.39, 0.29) is 18.4 Å². The van der Waals surface area contributed by atoms with Gasteiger partial charge < -0.3 is 9.88 Å². The van der Waals surface area contributed by atoms with Gasteiger partial charge in [-0.3, -0.25) is 4.79 Å². The minimum atomic E-state index is -0.311. The van der Waals surface area contributed by atoms with Gasteiger partial charge in [-0.15, -0.1) is 0 Å². The number of imidazole rings is 1. The second kappa shape index (κ2) is 6.55. The molecule has 5 aromatic rings. The highest BCUT2D eigenvalue weighted by Crippen LogP contribution is 2.33. The maximum Gasteiger partial charge on any atom is 0.228 e. The Kier molecular flexibility index (Phi) is 3.70. The average Bonchev–Trinajstić information content (AvgIpc) is 3.51. The largest absolute Gasteiger partial charge is 0.348 e. The summed E-state index contributed by atoms with van der Waals surface area (Å²) >= 11 is 0. The molecular weight excluding hydrogens is 378 g/mol. The summed E-state index contributed by atoms with van der Waals surface area (Å²) < 4.78 is 3.63. The van der Waals surface area contributed by atoms with Gasteiger partial charge in [-0.2, -0.15) is 10.2 Å². The van der Waals surface area contributed by atoms with Gasteiger partial charge >= 0.3 is 0 Å². The number of carbonyl (C=O) groups is 1. The SMILES string of the molecule is O=C(Cc1cnn2ccccc12)N1CCc2[nH]cnc2C1c1cc2ccccn2n1. The second-order valence-electron chi connectivity index (χ2n) is 7.52. The molecule has 1 aliphatic rings. The Morgan fingerprint density at radius 2 is 2.00 bits per heavy atom. The molecule has 1 N–H and O–H groups in total. The zero-order chi connectivity index (χ0) is 20.1. The predicted octanol–water partition coefficient (Wildman–Crippen LogP) is 2.42. The fourth-order valence-electron chi connectivity index (χ4n) is 4.32. The summed E-state index contributed by atoms with van der Waals surface area (Å²) in [5, 5.41) is 9.11. The summed E-state index contributed by atoms with van der Waals surface area (Å²) in [5.74, 6) is 0.0458. The standard InChI is InChI=1S/C22H19N7O/c30-20(11-15-13-25-29-9-4-2-6-19(15)29)27-10-7-17-21(24-14-23-17)22(27)18-12-16-5-1-3-8-28(16)26-18/h1-6,8-9,12-14,22H,7,10-11H2,(H,23,24). The van der Waals surface area contributed by atoms with Crippen molar-refractivity contribution < 1.29 is 4.79 Å². The zero-order valence-electron chi connectivity index (χ0n) is 16.1. The van der Waals surface area contributed by atoms with Crippen LogP contribution in [0.15, 0.2) is 67.4 Å². The molecule has 6 rings (SSSR count). The Balaban J connectivity index is 1.39. The number of hydrogen-bond acceptors (Lipinski definition) is 4. The van der Waals surface area contributed by atoms with E-state index in [9.17, 15) is 4.79 Å². The Morgan fingerprint density at radius 3 is 2.90 bits per heavy atom. The molecule has 148 valence electrons. The molecule has 0 aliphatic carbocycles. The van der Waals surface area contributed by atoms with E-state index in [2.05, 4.69) is 15.1 Å². The van der Waals surface area contributed by atoms with Gasteiger partial charge in [0.05, 0.1) is 41.4 Å². The number of aromatic nitrogens is 6. The molecule has 0 spiro atoms. The van der Waals surface area contributed by atoms with Crippen molar-refractivity contribution in [2.24, 2.45) is 0 Å². The maximum absolute atomic E-state index is 13.5. The van der Waals surface area contributed by atoms with Crippen LogP contribution in [0, 0.1) is 0 Å². The van der Waals surface area contributed by atoms with Crippen LogP contribution in [-0.2, 0) is 17.6 Å². The second-order valence-corrected chi connectivity index (χ2v) is 7.52. The highest BCUT2D eigenvalue weighted by atomic mass is 16.2. The molecule has 8 nitrogen and oxygen atoms in total. The van der Waals surface area contributed by atoms with Crippen LogP contribution in [0.3, 0.4) is 0 Å². The van der Waals surface area contributed by atoms with E-state index < -0.39 is 0 Å². The molecule has 0 radical (unpaired) electrons. The number of pyridine rings is 2. The third-order valence-electron chi connectivity index (χ3n) is 5.76. The molecule has 0 saturated carbocycles. The van der Waals surface area contributed by atoms with Gasteiger partial charge in [-0.1, -0.05) is 12.1 Å². The highest BCUT2D eigenvalue weighted by molar-refractivity contribution is 5.82. The molecule has 1 aliphatic heterocycles. The quantitative estimate of drug-likeness (QED) is 0.507. The normalized spacial score (nSPS) is 16.3. The van der Waals surface area contributed by atoms with Crippen LogP contribution in [0.25, 0.3) is 11.0 Å². The Morgan fingerprint density at radius 1 is 1.13 bits per heavy atom. The number of fused-ring (bicyclic) bond motifs is 3. The Labute approximate surface area is 171 Å². The number of carbonyl (C=O) groups excluding carboxylic acids is 1. The number of aromatic amines is 1. The minimum Gasteiger partial charge on any atom is -0.348 e. The fourth-order valence-corrected chi connectivity index (χ4v) is 4.32. The molecule has 30 heavy (non-hydrogen) atoms. The van der Waals surface area contributed by atoms with Crippen molar-refractivity contribution in [1.29, 1.82) is 0 Å². The first-order chi connectivity index (χ1) is 14.8. The lowest BCUT2D eigenvalue weighted by molar-refractivity contribution is -0.132. The predicted molar refractivity (Wildman–Crippen MR) is 110 cm³/mol. The molecular formula is C22H19N7O. The van der Waals surface area contributed by atoms with Crippen molar-refractivity contribution in [3.05, 3.63) is 90.0 Å². The van der Waals surface area contributed by atoms with E-state index in [0.29, 0.717) is 6.54 Å². The van der Waals surface area contributed by atoms with Crippen LogP contribution >= 0.6 is 0 Å². The molecule has 0 bridgehead atoms. The van der Waals surface area contributed by atoms with Crippen molar-refractivity contribution in [2.75, 3.05) is 6.54 Å². The van der Waals surface area contributed by atoms with E-state index in [1.807, 2.05) is 64.3 Å². The van der Waals surface area contributed by atoms with E-state index >= 15 is 0 Å². The molecule has 0 fully saturated rings. The highest BCUT2D eigenvalue weighted by Gasteiger charge is 2.35. The van der Waals surface area contributed by atoms with Gasteiger partial charge in [-0.05, 0) is 30.3 Å². The summed E-state index contributed by atoms with van der Waals surface area (Å²) in [6, 6.07) is 13.5. The van der Waals surface area contributed by atoms with Gasteiger partial charge in [0.1, 0.15) is 6.04 Å². The number of amides is 1. The van der Waals surface area contributed by atoms with Crippen LogP contribution in [0.4, 0.5) is 0 Å². The smallest absolute Gasteiger partial charge is 0.228 e. The van der Waals surface area contributed by atoms with Gasteiger partial charge in [-0.25, -0.2) is 14.0 Å². The monoisotopic (exact) mass is 397 g/mol. The van der Waals surface area contributed by atoms with E-state index in [0.717, 1.165) is 40.1 Å². The van der Waals surface area contributed by atoms with Crippen molar-refractivity contribution in [3.8, 4) is 0 Å². The summed E-state index contributed by atoms with van der Waals surface area (Å²) in [5.41, 5.74) is 5.62. The maximum atomic E-state index is 13.5. The molecule has 1 unspecified atom stereocenters. The van der Waals surface area contributed by atoms with Crippen LogP contribution in [-0.4, -0.2) is 46.5 Å². The van der Waals surface area contributed by atoms with Gasteiger partial charge in [0.2, 0.25) is 5.91 Å². The number of H-pyrrole nitrogens is 1. The van der Waals surface area contributed by atoms with E-state index in [1.165, 1.54) is 0 Å². The van der Waals surface area contributed by atoms with Crippen molar-refractivity contribution >= 4 is 16.9 Å². The number of nitrogens with one attached hydrogen (secondary N) is 1. The molecule has 0 aromatic carbocycles. The Bertz CT molecular complexity index is 1350. The third-order valence-corrected chi connectivity index (χ3v) is 5.76. The van der Waals surface area contributed by atoms with E-state index in [4.69, 9.17) is 5.10 Å². The summed E-state index contributed by atoms with van der Waals surface area (Å²) in [6.07, 6.45) is 8.32. The number of nitrogens with zero attached hydrogens (tertiary/aromatic N) is 6. The summed E-state index contributed by atoms with van der Waals surface area (Å²) in [4.78, 5) is 23.1. The van der Waals surface area contributed by atoms with Gasteiger partial charge in [0, 0.05) is 36.6 Å². The van der Waals surface area contributed by atoms with Crippen LogP contribution in [0.1, 0.15) is 28.7 Å². The lowest BCUT2D eigenvalue weighted by atomic mass is 9.98. The Hall–Kier alpha value is -3.94. The minimum absolute atomic E-state index is 0.0458. The lowest BCUT2D eigenvalue weighted by Crippen LogP contribution is -2.41. The fraction of sp³-hybridized carbons (Fsp3) is 0.182. The zero-order valence-corrected chi connectivity index (χ0v) is 16.1. The number of hydrogen-bond donors (Lipinski definition) is 1. The lowest BCUT2D eigenvalue weighted by Gasteiger charge is -2.34. The van der Waals surface area contributed by atoms with Gasteiger partial charge in [0.25, 0.3) is 0 Å². The molecule has 6 heterocycles.